The van der Waals surface area contributed by atoms with Crippen LogP contribution >= 0.6 is 28.1 Å². The Morgan fingerprint density at radius 2 is 2.05 bits per heavy atom. The molecule has 112 valence electrons. The quantitative estimate of drug-likeness (QED) is 0.656. The lowest BCUT2D eigenvalue weighted by Crippen LogP contribution is -2.47. The van der Waals surface area contributed by atoms with Crippen LogP contribution in [-0.2, 0) is 10.0 Å². The van der Waals surface area contributed by atoms with E-state index in [2.05, 4.69) is 26.0 Å². The number of anilines is 1. The van der Waals surface area contributed by atoms with Crippen LogP contribution in [0.4, 0.5) is 5.69 Å². The Morgan fingerprint density at radius 3 is 2.55 bits per heavy atom. The van der Waals surface area contributed by atoms with Gasteiger partial charge in [-0.2, -0.15) is 0 Å². The van der Waals surface area contributed by atoms with Crippen LogP contribution in [0.1, 0.15) is 19.4 Å². The Bertz CT molecular complexity index is 615. The maximum Gasteiger partial charge on any atom is 0.209 e. The monoisotopic (exact) mass is 379 g/mol. The minimum absolute atomic E-state index is 0.286. The van der Waals surface area contributed by atoms with E-state index in [1.54, 1.807) is 13.8 Å². The molecule has 0 aliphatic heterocycles. The number of nitrogens with one attached hydrogen (secondary N) is 2. The highest BCUT2D eigenvalue weighted by molar-refractivity contribution is 9.10. The number of sulfonamides is 1. The molecule has 0 atom stereocenters. The van der Waals surface area contributed by atoms with Gasteiger partial charge in [0.2, 0.25) is 10.0 Å². The van der Waals surface area contributed by atoms with Crippen LogP contribution in [0, 0.1) is 0 Å². The zero-order valence-electron chi connectivity index (χ0n) is 11.5. The van der Waals surface area contributed by atoms with Crippen LogP contribution in [0.5, 0.6) is 0 Å². The smallest absolute Gasteiger partial charge is 0.209 e. The van der Waals surface area contributed by atoms with E-state index in [-0.39, 0.29) is 4.99 Å². The van der Waals surface area contributed by atoms with E-state index >= 15 is 0 Å². The maximum absolute atomic E-state index is 11.3. The first-order valence-corrected chi connectivity index (χ1v) is 8.92. The largest absolute Gasteiger partial charge is 0.389 e. The van der Waals surface area contributed by atoms with Gasteiger partial charge in [-0.1, -0.05) is 28.1 Å². The van der Waals surface area contributed by atoms with Gasteiger partial charge in [0, 0.05) is 27.8 Å². The molecule has 20 heavy (non-hydrogen) atoms. The highest BCUT2D eigenvalue weighted by atomic mass is 79.9. The minimum Gasteiger partial charge on any atom is -0.389 e. The molecule has 0 aliphatic rings. The van der Waals surface area contributed by atoms with Crippen molar-refractivity contribution in [2.45, 2.75) is 19.4 Å². The van der Waals surface area contributed by atoms with E-state index < -0.39 is 15.6 Å². The second-order valence-electron chi connectivity index (χ2n) is 5.17. The molecule has 1 aromatic rings. The molecule has 0 bridgehead atoms. The van der Waals surface area contributed by atoms with Crippen LogP contribution in [0.15, 0.2) is 22.7 Å². The van der Waals surface area contributed by atoms with Crippen molar-refractivity contribution in [2.24, 2.45) is 5.73 Å². The normalized spacial score (nSPS) is 12.2. The van der Waals surface area contributed by atoms with Crippen LogP contribution in [-0.4, -0.2) is 31.7 Å². The number of nitrogens with two attached hydrogens (primary N) is 1. The third-order valence-corrected chi connectivity index (χ3v) is 4.07. The summed E-state index contributed by atoms with van der Waals surface area (Å²) >= 11 is 8.38. The fourth-order valence-corrected chi connectivity index (χ4v) is 3.35. The summed E-state index contributed by atoms with van der Waals surface area (Å²) in [4.78, 5) is 0.286. The molecule has 4 N–H and O–H groups in total. The standard InChI is InChI=1S/C12H18BrN3O2S2/c1-12(2,16-20(3,17)18)7-15-10-6-8(13)4-5-9(10)11(14)19/h4-6,15-16H,7H2,1-3H3,(H2,14,19). The van der Waals surface area contributed by atoms with E-state index in [1.165, 1.54) is 0 Å². The number of thiocarbonyl (C=S) groups is 1. The van der Waals surface area contributed by atoms with Crippen molar-refractivity contribution in [3.8, 4) is 0 Å². The van der Waals surface area contributed by atoms with Crippen LogP contribution in [0.2, 0.25) is 0 Å². The van der Waals surface area contributed by atoms with Crippen molar-refractivity contribution >= 4 is 48.8 Å². The van der Waals surface area contributed by atoms with E-state index in [4.69, 9.17) is 18.0 Å². The molecule has 0 unspecified atom stereocenters. The number of rotatable bonds is 6. The Labute approximate surface area is 133 Å². The van der Waals surface area contributed by atoms with Crippen molar-refractivity contribution in [3.05, 3.63) is 28.2 Å². The Morgan fingerprint density at radius 1 is 1.45 bits per heavy atom. The molecule has 0 amide bonds. The predicted molar refractivity (Wildman–Crippen MR) is 90.6 cm³/mol. The van der Waals surface area contributed by atoms with Crippen LogP contribution < -0.4 is 15.8 Å². The van der Waals surface area contributed by atoms with E-state index in [9.17, 15) is 8.42 Å². The fraction of sp³-hybridized carbons (Fsp3) is 0.417. The summed E-state index contributed by atoms with van der Waals surface area (Å²) in [6, 6.07) is 5.51. The van der Waals surface area contributed by atoms with Crippen LogP contribution in [0.3, 0.4) is 0 Å². The van der Waals surface area contributed by atoms with Crippen molar-refractivity contribution < 1.29 is 8.42 Å². The molecule has 0 spiro atoms. The van der Waals surface area contributed by atoms with Crippen molar-refractivity contribution in [3.63, 3.8) is 0 Å². The summed E-state index contributed by atoms with van der Waals surface area (Å²) in [5, 5.41) is 3.17. The van der Waals surface area contributed by atoms with Gasteiger partial charge < -0.3 is 11.1 Å². The third-order valence-electron chi connectivity index (χ3n) is 2.43. The Kier molecular flexibility index (Phi) is 5.54. The SMILES string of the molecule is CC(C)(CNc1cc(Br)ccc1C(N)=S)NS(C)(=O)=O. The van der Waals surface area contributed by atoms with E-state index in [0.717, 1.165) is 22.0 Å². The summed E-state index contributed by atoms with van der Waals surface area (Å²) < 4.78 is 26.0. The predicted octanol–water partition coefficient (Wildman–Crippen LogP) is 1.82. The van der Waals surface area contributed by atoms with Gasteiger partial charge in [0.1, 0.15) is 4.99 Å². The molecule has 0 aromatic heterocycles. The molecule has 0 aliphatic carbocycles. The van der Waals surface area contributed by atoms with Crippen LogP contribution in [0.25, 0.3) is 0 Å². The Balaban J connectivity index is 2.89. The highest BCUT2D eigenvalue weighted by Gasteiger charge is 2.22. The Hall–Kier alpha value is -0.700. The number of halogens is 1. The van der Waals surface area contributed by atoms with Crippen molar-refractivity contribution in [1.29, 1.82) is 0 Å². The van der Waals surface area contributed by atoms with Gasteiger partial charge in [0.15, 0.2) is 0 Å². The zero-order chi connectivity index (χ0) is 15.6. The van der Waals surface area contributed by atoms with Crippen molar-refractivity contribution in [2.75, 3.05) is 18.1 Å². The highest BCUT2D eigenvalue weighted by Crippen LogP contribution is 2.22. The second kappa shape index (κ2) is 6.38. The fourth-order valence-electron chi connectivity index (χ4n) is 1.73. The first-order valence-electron chi connectivity index (χ1n) is 5.82. The molecule has 8 heteroatoms. The number of benzene rings is 1. The molecule has 0 saturated carbocycles. The van der Waals surface area contributed by atoms with E-state index in [0.29, 0.717) is 6.54 Å². The molecular formula is C12H18BrN3O2S2. The number of hydrogen-bond donors (Lipinski definition) is 3. The first-order chi connectivity index (χ1) is 9.00. The van der Waals surface area contributed by atoms with Crippen molar-refractivity contribution in [1.82, 2.24) is 4.72 Å². The van der Waals surface area contributed by atoms with Gasteiger partial charge in [0.25, 0.3) is 0 Å². The molecule has 0 radical (unpaired) electrons. The van der Waals surface area contributed by atoms with Gasteiger partial charge in [-0.05, 0) is 32.0 Å². The summed E-state index contributed by atoms with van der Waals surface area (Å²) in [5.74, 6) is 0. The van der Waals surface area contributed by atoms with Gasteiger partial charge >= 0.3 is 0 Å². The van der Waals surface area contributed by atoms with E-state index in [1.807, 2.05) is 18.2 Å². The molecule has 1 aromatic carbocycles. The lowest BCUT2D eigenvalue weighted by atomic mass is 10.1. The lowest BCUT2D eigenvalue weighted by Gasteiger charge is -2.26. The third kappa shape index (κ3) is 5.74. The average Bonchev–Trinajstić information content (AvgIpc) is 2.22. The molecular weight excluding hydrogens is 362 g/mol. The molecule has 5 nitrogen and oxygen atoms in total. The maximum atomic E-state index is 11.3. The molecule has 0 fully saturated rings. The summed E-state index contributed by atoms with van der Waals surface area (Å²) in [6.45, 7) is 3.98. The first kappa shape index (κ1) is 17.4. The summed E-state index contributed by atoms with van der Waals surface area (Å²) in [6.07, 6.45) is 1.13. The summed E-state index contributed by atoms with van der Waals surface area (Å²) in [7, 11) is -3.27. The average molecular weight is 380 g/mol. The molecule has 1 rings (SSSR count). The number of hydrogen-bond acceptors (Lipinski definition) is 4. The van der Waals surface area contributed by atoms with Gasteiger partial charge in [-0.3, -0.25) is 0 Å². The molecule has 0 heterocycles. The lowest BCUT2D eigenvalue weighted by molar-refractivity contribution is 0.476. The van der Waals surface area contributed by atoms with Gasteiger partial charge in [0.05, 0.1) is 6.26 Å². The summed E-state index contributed by atoms with van der Waals surface area (Å²) in [5.41, 5.74) is 6.52. The zero-order valence-corrected chi connectivity index (χ0v) is 14.7. The van der Waals surface area contributed by atoms with Gasteiger partial charge in [-0.25, -0.2) is 13.1 Å². The minimum atomic E-state index is -3.27. The van der Waals surface area contributed by atoms with Gasteiger partial charge in [-0.15, -0.1) is 0 Å². The topological polar surface area (TPSA) is 84.2 Å². The molecule has 0 saturated heterocycles. The second-order valence-corrected chi connectivity index (χ2v) is 8.27.